The van der Waals surface area contributed by atoms with Crippen molar-refractivity contribution < 1.29 is 4.79 Å². The average Bonchev–Trinajstić information content (AvgIpc) is 2.55. The monoisotopic (exact) mass is 315 g/mol. The number of hydrogen-bond donors (Lipinski definition) is 2. The van der Waals surface area contributed by atoms with Gasteiger partial charge in [0, 0.05) is 37.4 Å². The molecule has 1 aromatic carbocycles. The van der Waals surface area contributed by atoms with Crippen LogP contribution < -0.4 is 10.6 Å². The predicted molar refractivity (Wildman–Crippen MR) is 97.5 cm³/mol. The maximum Gasteiger partial charge on any atom is 0.150 e. The van der Waals surface area contributed by atoms with Crippen LogP contribution in [0.1, 0.15) is 34.3 Å². The maximum atomic E-state index is 11.3. The first-order valence-corrected chi connectivity index (χ1v) is 7.95. The molecule has 1 aromatic rings. The van der Waals surface area contributed by atoms with E-state index in [0.717, 1.165) is 42.5 Å². The molecular formula is C19H29N3O. The van der Waals surface area contributed by atoms with Crippen LogP contribution in [-0.4, -0.2) is 38.4 Å². The minimum absolute atomic E-state index is 0.243. The van der Waals surface area contributed by atoms with Gasteiger partial charge in [-0.1, -0.05) is 30.9 Å². The lowest BCUT2D eigenvalue weighted by molar-refractivity contribution is 0.112. The standard InChI is InChI=1S/C19H29N3O/c1-6-19(10-7-15(2)21-4)22(5)13-18-11-16(12-20-3)8-9-17(18)14-23/h6,8-9,11,14,19-21H,1-2,7,10,12-13H2,3-5H3. The second kappa shape index (κ2) is 9.98. The van der Waals surface area contributed by atoms with Gasteiger partial charge in [-0.2, -0.15) is 0 Å². The van der Waals surface area contributed by atoms with Crippen LogP contribution in [0.25, 0.3) is 0 Å². The summed E-state index contributed by atoms with van der Waals surface area (Å²) in [4.78, 5) is 13.5. The Morgan fingerprint density at radius 1 is 1.39 bits per heavy atom. The zero-order valence-electron chi connectivity index (χ0n) is 14.6. The molecule has 0 amide bonds. The Labute approximate surface area is 140 Å². The van der Waals surface area contributed by atoms with E-state index in [9.17, 15) is 4.79 Å². The van der Waals surface area contributed by atoms with Crippen molar-refractivity contribution in [2.75, 3.05) is 21.1 Å². The van der Waals surface area contributed by atoms with Crippen LogP contribution in [0.15, 0.2) is 43.1 Å². The lowest BCUT2D eigenvalue weighted by Crippen LogP contribution is -2.30. The first-order valence-electron chi connectivity index (χ1n) is 7.95. The fourth-order valence-corrected chi connectivity index (χ4v) is 2.58. The van der Waals surface area contributed by atoms with Crippen LogP contribution in [0.4, 0.5) is 0 Å². The summed E-state index contributed by atoms with van der Waals surface area (Å²) in [5, 5.41) is 6.21. The molecule has 0 saturated carbocycles. The molecule has 0 saturated heterocycles. The number of carbonyl (C=O) groups excluding carboxylic acids is 1. The Kier molecular flexibility index (Phi) is 8.30. The molecule has 0 heterocycles. The zero-order valence-corrected chi connectivity index (χ0v) is 14.6. The third-order valence-electron chi connectivity index (χ3n) is 4.07. The van der Waals surface area contributed by atoms with Gasteiger partial charge in [-0.3, -0.25) is 9.69 Å². The van der Waals surface area contributed by atoms with Gasteiger partial charge in [0.1, 0.15) is 6.29 Å². The Bertz CT molecular complexity index is 539. The first kappa shape index (κ1) is 19.1. The van der Waals surface area contributed by atoms with Crippen molar-refractivity contribution in [3.8, 4) is 0 Å². The molecule has 4 heteroatoms. The molecule has 0 aliphatic heterocycles. The van der Waals surface area contributed by atoms with E-state index in [1.807, 2.05) is 32.3 Å². The van der Waals surface area contributed by atoms with Crippen LogP contribution in [0.5, 0.6) is 0 Å². The number of benzene rings is 1. The summed E-state index contributed by atoms with van der Waals surface area (Å²) in [5.74, 6) is 0. The van der Waals surface area contributed by atoms with Gasteiger partial charge in [0.25, 0.3) is 0 Å². The Morgan fingerprint density at radius 2 is 2.13 bits per heavy atom. The van der Waals surface area contributed by atoms with Gasteiger partial charge >= 0.3 is 0 Å². The minimum atomic E-state index is 0.243. The van der Waals surface area contributed by atoms with E-state index in [0.29, 0.717) is 6.54 Å². The average molecular weight is 315 g/mol. The van der Waals surface area contributed by atoms with Gasteiger partial charge in [-0.25, -0.2) is 0 Å². The van der Waals surface area contributed by atoms with Crippen molar-refractivity contribution in [1.29, 1.82) is 0 Å². The van der Waals surface area contributed by atoms with Gasteiger partial charge in [-0.05, 0) is 38.1 Å². The van der Waals surface area contributed by atoms with E-state index < -0.39 is 0 Å². The quantitative estimate of drug-likeness (QED) is 0.487. The summed E-state index contributed by atoms with van der Waals surface area (Å²) in [6.45, 7) is 9.42. The van der Waals surface area contributed by atoms with Gasteiger partial charge in [0.05, 0.1) is 0 Å². The molecular weight excluding hydrogens is 286 g/mol. The number of nitrogens with one attached hydrogen (secondary N) is 2. The van der Waals surface area contributed by atoms with Crippen LogP contribution in [0.3, 0.4) is 0 Å². The number of carbonyl (C=O) groups is 1. The molecule has 1 rings (SSSR count). The zero-order chi connectivity index (χ0) is 17.2. The number of rotatable bonds is 11. The third-order valence-corrected chi connectivity index (χ3v) is 4.07. The van der Waals surface area contributed by atoms with Crippen LogP contribution >= 0.6 is 0 Å². The van der Waals surface area contributed by atoms with Crippen molar-refractivity contribution in [1.82, 2.24) is 15.5 Å². The third kappa shape index (κ3) is 6.00. The van der Waals surface area contributed by atoms with E-state index in [2.05, 4.69) is 41.8 Å². The largest absolute Gasteiger partial charge is 0.392 e. The van der Waals surface area contributed by atoms with Gasteiger partial charge in [0.15, 0.2) is 0 Å². The van der Waals surface area contributed by atoms with E-state index in [-0.39, 0.29) is 6.04 Å². The van der Waals surface area contributed by atoms with E-state index in [1.54, 1.807) is 0 Å². The Balaban J connectivity index is 2.82. The first-order chi connectivity index (χ1) is 11.0. The van der Waals surface area contributed by atoms with Gasteiger partial charge < -0.3 is 10.6 Å². The van der Waals surface area contributed by atoms with Crippen LogP contribution in [0, 0.1) is 0 Å². The molecule has 2 N–H and O–H groups in total. The molecule has 0 aliphatic carbocycles. The second-order valence-corrected chi connectivity index (χ2v) is 5.79. The van der Waals surface area contributed by atoms with E-state index >= 15 is 0 Å². The number of allylic oxidation sites excluding steroid dienone is 1. The summed E-state index contributed by atoms with van der Waals surface area (Å²) in [6.07, 6.45) is 4.74. The summed E-state index contributed by atoms with van der Waals surface area (Å²) in [7, 11) is 5.87. The number of aldehydes is 1. The summed E-state index contributed by atoms with van der Waals surface area (Å²) >= 11 is 0. The summed E-state index contributed by atoms with van der Waals surface area (Å²) < 4.78 is 0. The highest BCUT2D eigenvalue weighted by Crippen LogP contribution is 2.17. The van der Waals surface area contributed by atoms with Crippen molar-refractivity contribution >= 4 is 6.29 Å². The highest BCUT2D eigenvalue weighted by Gasteiger charge is 2.14. The highest BCUT2D eigenvalue weighted by molar-refractivity contribution is 5.77. The molecule has 4 nitrogen and oxygen atoms in total. The Morgan fingerprint density at radius 3 is 2.70 bits per heavy atom. The molecule has 0 aliphatic rings. The van der Waals surface area contributed by atoms with Crippen molar-refractivity contribution in [3.63, 3.8) is 0 Å². The maximum absolute atomic E-state index is 11.3. The number of hydrogen-bond acceptors (Lipinski definition) is 4. The van der Waals surface area contributed by atoms with Crippen molar-refractivity contribution in [2.45, 2.75) is 32.0 Å². The summed E-state index contributed by atoms with van der Waals surface area (Å²) in [6, 6.07) is 6.23. The number of likely N-dealkylation sites (N-methyl/N-ethyl adjacent to an activating group) is 1. The molecule has 1 atom stereocenters. The van der Waals surface area contributed by atoms with Gasteiger partial charge in [-0.15, -0.1) is 6.58 Å². The van der Waals surface area contributed by atoms with Crippen molar-refractivity contribution in [3.05, 3.63) is 59.8 Å². The molecule has 1 unspecified atom stereocenters. The SMILES string of the molecule is C=CC(CCC(=C)NC)N(C)Cc1cc(CNC)ccc1C=O. The molecule has 0 aromatic heterocycles. The van der Waals surface area contributed by atoms with E-state index in [4.69, 9.17) is 0 Å². The smallest absolute Gasteiger partial charge is 0.150 e. The molecule has 23 heavy (non-hydrogen) atoms. The van der Waals surface area contributed by atoms with Crippen LogP contribution in [0.2, 0.25) is 0 Å². The minimum Gasteiger partial charge on any atom is -0.392 e. The molecule has 0 radical (unpaired) electrons. The van der Waals surface area contributed by atoms with E-state index in [1.165, 1.54) is 5.56 Å². The lowest BCUT2D eigenvalue weighted by atomic mass is 10.0. The summed E-state index contributed by atoms with van der Waals surface area (Å²) in [5.41, 5.74) is 4.00. The van der Waals surface area contributed by atoms with Crippen LogP contribution in [-0.2, 0) is 13.1 Å². The molecule has 126 valence electrons. The molecule has 0 fully saturated rings. The predicted octanol–water partition coefficient (Wildman–Crippen LogP) is 2.72. The normalized spacial score (nSPS) is 12.0. The fourth-order valence-electron chi connectivity index (χ4n) is 2.58. The molecule has 0 spiro atoms. The topological polar surface area (TPSA) is 44.4 Å². The fraction of sp³-hybridized carbons (Fsp3) is 0.421. The number of nitrogens with zero attached hydrogens (tertiary/aromatic N) is 1. The van der Waals surface area contributed by atoms with Gasteiger partial charge in [0.2, 0.25) is 0 Å². The second-order valence-electron chi connectivity index (χ2n) is 5.79. The lowest BCUT2D eigenvalue weighted by Gasteiger charge is -2.26. The highest BCUT2D eigenvalue weighted by atomic mass is 16.1. The van der Waals surface area contributed by atoms with Crippen molar-refractivity contribution in [2.24, 2.45) is 0 Å². The Hall–Kier alpha value is -1.91. The molecule has 0 bridgehead atoms.